The third-order valence-corrected chi connectivity index (χ3v) is 5.49. The number of nitro benzene ring substituents is 1. The highest BCUT2D eigenvalue weighted by atomic mass is 35.5. The van der Waals surface area contributed by atoms with E-state index in [-0.39, 0.29) is 28.1 Å². The highest BCUT2D eigenvalue weighted by Gasteiger charge is 2.13. The van der Waals surface area contributed by atoms with E-state index in [9.17, 15) is 15.4 Å². The first-order chi connectivity index (χ1) is 16.4. The Bertz CT molecular complexity index is 1430. The molecule has 4 aromatic rings. The molecule has 0 radical (unpaired) electrons. The lowest BCUT2D eigenvalue weighted by molar-refractivity contribution is -0.384. The number of benzene rings is 3. The van der Waals surface area contributed by atoms with Crippen molar-refractivity contribution < 1.29 is 14.4 Å². The van der Waals surface area contributed by atoms with Gasteiger partial charge in [-0.25, -0.2) is 4.98 Å². The second-order valence-corrected chi connectivity index (χ2v) is 7.98. The Labute approximate surface area is 204 Å². The maximum absolute atomic E-state index is 10.8. The van der Waals surface area contributed by atoms with Crippen LogP contribution in [0.1, 0.15) is 17.0 Å². The molecule has 0 amide bonds. The number of non-ortho nitro benzene ring substituents is 1. The van der Waals surface area contributed by atoms with Crippen LogP contribution >= 0.6 is 23.2 Å². The normalized spacial score (nSPS) is 11.3. The molecule has 0 saturated heterocycles. The molecule has 0 unspecified atom stereocenters. The van der Waals surface area contributed by atoms with E-state index in [1.54, 1.807) is 55.7 Å². The Balaban J connectivity index is 1.56. The van der Waals surface area contributed by atoms with Crippen LogP contribution in [-0.2, 0) is 6.61 Å². The van der Waals surface area contributed by atoms with Crippen LogP contribution in [0.15, 0.2) is 54.6 Å². The summed E-state index contributed by atoms with van der Waals surface area (Å²) in [7, 11) is 1.58. The van der Waals surface area contributed by atoms with Gasteiger partial charge in [0.25, 0.3) is 5.69 Å². The molecule has 10 heteroatoms. The van der Waals surface area contributed by atoms with Crippen molar-refractivity contribution in [2.75, 3.05) is 7.11 Å². The van der Waals surface area contributed by atoms with Crippen LogP contribution in [-0.4, -0.2) is 22.0 Å². The minimum atomic E-state index is -0.470. The Hall–Kier alpha value is -4.06. The van der Waals surface area contributed by atoms with Gasteiger partial charge in [0.05, 0.1) is 38.7 Å². The fourth-order valence-electron chi connectivity index (χ4n) is 3.23. The third-order valence-electron chi connectivity index (χ3n) is 4.93. The minimum absolute atomic E-state index is 0.00663. The summed E-state index contributed by atoms with van der Waals surface area (Å²) in [6.45, 7) is 0.124. The first-order valence-electron chi connectivity index (χ1n) is 9.89. The molecular formula is C24H16Cl2N4O4. The maximum Gasteiger partial charge on any atom is 0.269 e. The molecule has 170 valence electrons. The number of ether oxygens (including phenoxy) is 2. The minimum Gasteiger partial charge on any atom is -0.497 e. The van der Waals surface area contributed by atoms with Crippen molar-refractivity contribution in [3.05, 3.63) is 91.7 Å². The SMILES string of the molecule is COc1ccc2nc(/C(C#N)=C\c3cc(Cl)c(OCc4ccc([N+](=O)[O-])cc4)c(Cl)c3)[nH]c2c1. The Morgan fingerprint density at radius 3 is 2.50 bits per heavy atom. The fourth-order valence-corrected chi connectivity index (χ4v) is 3.85. The lowest BCUT2D eigenvalue weighted by atomic mass is 10.1. The summed E-state index contributed by atoms with van der Waals surface area (Å²) in [6, 6.07) is 16.8. The van der Waals surface area contributed by atoms with E-state index in [1.807, 2.05) is 0 Å². The smallest absolute Gasteiger partial charge is 0.269 e. The van der Waals surface area contributed by atoms with E-state index >= 15 is 0 Å². The number of allylic oxidation sites excluding steroid dienone is 1. The number of H-pyrrole nitrogens is 1. The van der Waals surface area contributed by atoms with Crippen LogP contribution in [0.3, 0.4) is 0 Å². The van der Waals surface area contributed by atoms with Gasteiger partial charge in [0.1, 0.15) is 24.3 Å². The Kier molecular flexibility index (Phi) is 6.68. The quantitative estimate of drug-likeness (QED) is 0.180. The topological polar surface area (TPSA) is 114 Å². The molecule has 0 aliphatic carbocycles. The summed E-state index contributed by atoms with van der Waals surface area (Å²) in [4.78, 5) is 17.9. The number of nitro groups is 1. The molecule has 34 heavy (non-hydrogen) atoms. The largest absolute Gasteiger partial charge is 0.497 e. The molecule has 1 aromatic heterocycles. The summed E-state index contributed by atoms with van der Waals surface area (Å²) in [6.07, 6.45) is 1.62. The number of hydrogen-bond donors (Lipinski definition) is 1. The first-order valence-corrected chi connectivity index (χ1v) is 10.6. The monoisotopic (exact) mass is 494 g/mol. The predicted octanol–water partition coefficient (Wildman–Crippen LogP) is 6.43. The number of fused-ring (bicyclic) bond motifs is 1. The molecule has 1 N–H and O–H groups in total. The molecule has 8 nitrogen and oxygen atoms in total. The molecule has 0 fully saturated rings. The zero-order chi connectivity index (χ0) is 24.2. The summed E-state index contributed by atoms with van der Waals surface area (Å²) < 4.78 is 11.0. The van der Waals surface area contributed by atoms with Crippen molar-refractivity contribution in [2.24, 2.45) is 0 Å². The summed E-state index contributed by atoms with van der Waals surface area (Å²) in [5.41, 5.74) is 3.03. The van der Waals surface area contributed by atoms with Crippen LogP contribution < -0.4 is 9.47 Å². The second kappa shape index (κ2) is 9.83. The van der Waals surface area contributed by atoms with Crippen LogP contribution in [0.2, 0.25) is 10.0 Å². The molecule has 3 aromatic carbocycles. The number of hydrogen-bond acceptors (Lipinski definition) is 6. The van der Waals surface area contributed by atoms with Gasteiger partial charge < -0.3 is 14.5 Å². The average Bonchev–Trinajstić information content (AvgIpc) is 3.25. The third kappa shape index (κ3) is 4.96. The fraction of sp³-hybridized carbons (Fsp3) is 0.0833. The van der Waals surface area contributed by atoms with Gasteiger partial charge in [0, 0.05) is 18.2 Å². The molecule has 0 spiro atoms. The zero-order valence-electron chi connectivity index (χ0n) is 17.7. The molecule has 4 rings (SSSR count). The Morgan fingerprint density at radius 1 is 1.18 bits per heavy atom. The van der Waals surface area contributed by atoms with Gasteiger partial charge in [-0.3, -0.25) is 10.1 Å². The van der Waals surface area contributed by atoms with Gasteiger partial charge in [0.2, 0.25) is 0 Å². The highest BCUT2D eigenvalue weighted by Crippen LogP contribution is 2.36. The highest BCUT2D eigenvalue weighted by molar-refractivity contribution is 6.37. The number of nitrogens with one attached hydrogen (secondary N) is 1. The van der Waals surface area contributed by atoms with Crippen molar-refractivity contribution in [3.63, 3.8) is 0 Å². The van der Waals surface area contributed by atoms with E-state index in [2.05, 4.69) is 16.0 Å². The average molecular weight is 495 g/mol. The standard InChI is InChI=1S/C24H16Cl2N4O4/c1-33-18-6-7-21-22(11-18)29-24(28-21)16(12-27)8-15-9-19(25)23(20(26)10-15)34-13-14-2-4-17(5-3-14)30(31)32/h2-11H,13H2,1H3,(H,28,29)/b16-8-. The second-order valence-electron chi connectivity index (χ2n) is 7.16. The number of aromatic amines is 1. The molecule has 0 atom stereocenters. The van der Waals surface area contributed by atoms with Crippen molar-refractivity contribution in [2.45, 2.75) is 6.61 Å². The number of rotatable bonds is 7. The molecule has 0 bridgehead atoms. The van der Waals surface area contributed by atoms with Crippen LogP contribution in [0, 0.1) is 21.4 Å². The van der Waals surface area contributed by atoms with Gasteiger partial charge in [0.15, 0.2) is 5.75 Å². The Morgan fingerprint density at radius 2 is 1.88 bits per heavy atom. The van der Waals surface area contributed by atoms with E-state index in [1.165, 1.54) is 12.1 Å². The van der Waals surface area contributed by atoms with E-state index in [0.29, 0.717) is 28.2 Å². The lowest BCUT2D eigenvalue weighted by Gasteiger charge is -2.11. The van der Waals surface area contributed by atoms with Crippen LogP contribution in [0.5, 0.6) is 11.5 Å². The first kappa shape index (κ1) is 23.1. The van der Waals surface area contributed by atoms with E-state index < -0.39 is 4.92 Å². The number of nitrogens with zero attached hydrogens (tertiary/aromatic N) is 3. The molecule has 0 aliphatic heterocycles. The van der Waals surface area contributed by atoms with Crippen LogP contribution in [0.25, 0.3) is 22.7 Å². The molecular weight excluding hydrogens is 479 g/mol. The van der Waals surface area contributed by atoms with Gasteiger partial charge in [-0.15, -0.1) is 0 Å². The lowest BCUT2D eigenvalue weighted by Crippen LogP contribution is -1.98. The summed E-state index contributed by atoms with van der Waals surface area (Å²) in [5, 5.41) is 21.0. The van der Waals surface area contributed by atoms with Crippen LogP contribution in [0.4, 0.5) is 5.69 Å². The molecule has 0 saturated carbocycles. The van der Waals surface area contributed by atoms with Gasteiger partial charge >= 0.3 is 0 Å². The molecule has 1 heterocycles. The van der Waals surface area contributed by atoms with Gasteiger partial charge in [-0.2, -0.15) is 5.26 Å². The van der Waals surface area contributed by atoms with E-state index in [0.717, 1.165) is 11.1 Å². The maximum atomic E-state index is 10.8. The van der Waals surface area contributed by atoms with Gasteiger partial charge in [-0.05, 0) is 53.6 Å². The summed E-state index contributed by atoms with van der Waals surface area (Å²) >= 11 is 12.8. The number of aromatic nitrogens is 2. The van der Waals surface area contributed by atoms with Crippen molar-refractivity contribution in [3.8, 4) is 17.6 Å². The summed E-state index contributed by atoms with van der Waals surface area (Å²) in [5.74, 6) is 1.35. The number of nitriles is 1. The number of halogens is 2. The molecule has 0 aliphatic rings. The van der Waals surface area contributed by atoms with Crippen molar-refractivity contribution >= 4 is 51.6 Å². The van der Waals surface area contributed by atoms with Gasteiger partial charge in [-0.1, -0.05) is 23.2 Å². The van der Waals surface area contributed by atoms with Crippen molar-refractivity contribution in [1.82, 2.24) is 9.97 Å². The predicted molar refractivity (Wildman–Crippen MR) is 130 cm³/mol. The number of imidazole rings is 1. The van der Waals surface area contributed by atoms with E-state index in [4.69, 9.17) is 32.7 Å². The van der Waals surface area contributed by atoms with Crippen molar-refractivity contribution in [1.29, 1.82) is 5.26 Å². The number of methoxy groups -OCH3 is 1. The zero-order valence-corrected chi connectivity index (χ0v) is 19.2.